The number of aryl methyl sites for hydroxylation is 2. The van der Waals surface area contributed by atoms with Crippen molar-refractivity contribution in [3.8, 4) is 46.0 Å². The van der Waals surface area contributed by atoms with Crippen molar-refractivity contribution in [1.29, 1.82) is 0 Å². The highest BCUT2D eigenvalue weighted by Crippen LogP contribution is 2.48. The van der Waals surface area contributed by atoms with Gasteiger partial charge >= 0.3 is 0 Å². The quantitative estimate of drug-likeness (QED) is 0.156. The molecule has 64 heavy (non-hydrogen) atoms. The fourth-order valence-corrected chi connectivity index (χ4v) is 10.2. The predicted octanol–water partition coefficient (Wildman–Crippen LogP) is 10.7. The van der Waals surface area contributed by atoms with E-state index < -0.39 is 0 Å². The Morgan fingerprint density at radius 1 is 0.344 bits per heavy atom. The van der Waals surface area contributed by atoms with Gasteiger partial charge in [0.25, 0.3) is 13.4 Å². The molecule has 9 aromatic rings. The zero-order chi connectivity index (χ0) is 42.5. The maximum atomic E-state index is 6.95. The molecule has 0 aromatic heterocycles. The smallest absolute Gasteiger partial charge is 0.256 e. The largest absolute Gasteiger partial charge is 0.458 e. The second-order valence-electron chi connectivity index (χ2n) is 17.0. The minimum atomic E-state index is -0.134. The van der Waals surface area contributed by atoms with Crippen LogP contribution in [0.4, 0.5) is 34.1 Å². The lowest BCUT2D eigenvalue weighted by Crippen LogP contribution is -2.63. The van der Waals surface area contributed by atoms with Gasteiger partial charge in [-0.25, -0.2) is 0 Å². The summed E-state index contributed by atoms with van der Waals surface area (Å²) in [6.07, 6.45) is 0. The second kappa shape index (κ2) is 14.2. The van der Waals surface area contributed by atoms with Gasteiger partial charge in [0.15, 0.2) is 0 Å². The summed E-state index contributed by atoms with van der Waals surface area (Å²) >= 11 is 0. The minimum absolute atomic E-state index is 0.134. The molecule has 8 heteroatoms. The van der Waals surface area contributed by atoms with Crippen molar-refractivity contribution in [2.24, 2.45) is 0 Å². The number of anilines is 6. The van der Waals surface area contributed by atoms with Crippen LogP contribution in [0.15, 0.2) is 194 Å². The number of hydrogen-bond donors (Lipinski definition) is 0. The number of fused-ring (bicyclic) bond motifs is 8. The van der Waals surface area contributed by atoms with Crippen LogP contribution in [0.25, 0.3) is 0 Å². The topological polar surface area (TPSA) is 43.4 Å². The molecular formula is C56H38B2N2O4. The minimum Gasteiger partial charge on any atom is -0.458 e. The van der Waals surface area contributed by atoms with Gasteiger partial charge in [-0.3, -0.25) is 0 Å². The van der Waals surface area contributed by atoms with Crippen molar-refractivity contribution in [3.63, 3.8) is 0 Å². The maximum absolute atomic E-state index is 6.95. The molecular weight excluding hydrogens is 786 g/mol. The molecule has 0 unspecified atom stereocenters. The first-order valence-electron chi connectivity index (χ1n) is 21.8. The molecule has 302 valence electrons. The van der Waals surface area contributed by atoms with Crippen molar-refractivity contribution in [2.75, 3.05) is 9.80 Å². The first-order valence-corrected chi connectivity index (χ1v) is 21.8. The fourth-order valence-electron chi connectivity index (χ4n) is 10.2. The molecule has 4 aliphatic rings. The van der Waals surface area contributed by atoms with Crippen molar-refractivity contribution >= 4 is 80.3 Å². The summed E-state index contributed by atoms with van der Waals surface area (Å²) in [5.74, 6) is 6.19. The van der Waals surface area contributed by atoms with Crippen LogP contribution >= 0.6 is 0 Å². The van der Waals surface area contributed by atoms with E-state index in [9.17, 15) is 0 Å². The fraction of sp³-hybridized carbons (Fsp3) is 0.0357. The summed E-state index contributed by atoms with van der Waals surface area (Å²) in [5, 5.41) is 0. The standard InChI is InChI=1S/C56H38B2N2O4/c1-35-23-25-43-51(27-35)63-53-31-41(61-39-19-11-5-12-20-39)29-49-55(53)57(43)45-33-46-48(34-47(45)59(49)37-15-7-3-8-16-37)60(38-17-9-4-10-18-38)50-30-42(62-40-21-13-6-14-22-40)32-54-56(50)58(46)44-26-24-36(2)28-52(44)64-54/h3-34H,1-2H3. The molecule has 0 aliphatic carbocycles. The van der Waals surface area contributed by atoms with Crippen LogP contribution in [-0.4, -0.2) is 13.4 Å². The zero-order valence-electron chi connectivity index (χ0n) is 35.2. The number of nitrogens with zero attached hydrogens (tertiary/aromatic N) is 2. The highest BCUT2D eigenvalue weighted by Gasteiger charge is 2.47. The van der Waals surface area contributed by atoms with Gasteiger partial charge in [-0.15, -0.1) is 0 Å². The Bertz CT molecular complexity index is 3110. The molecule has 0 fully saturated rings. The van der Waals surface area contributed by atoms with E-state index in [0.717, 1.165) is 102 Å². The van der Waals surface area contributed by atoms with E-state index in [4.69, 9.17) is 18.9 Å². The number of para-hydroxylation sites is 4. The first-order chi connectivity index (χ1) is 31.5. The molecule has 4 aliphatic heterocycles. The third-order valence-electron chi connectivity index (χ3n) is 12.9. The van der Waals surface area contributed by atoms with Gasteiger partial charge in [0, 0.05) is 58.4 Å². The molecule has 0 amide bonds. The van der Waals surface area contributed by atoms with Crippen LogP contribution in [0, 0.1) is 13.8 Å². The summed E-state index contributed by atoms with van der Waals surface area (Å²) in [7, 11) is 0. The monoisotopic (exact) mass is 824 g/mol. The van der Waals surface area contributed by atoms with E-state index in [1.807, 2.05) is 60.7 Å². The van der Waals surface area contributed by atoms with Gasteiger partial charge in [0.1, 0.15) is 46.0 Å². The molecule has 4 heterocycles. The number of benzene rings is 9. The van der Waals surface area contributed by atoms with E-state index in [-0.39, 0.29) is 13.4 Å². The van der Waals surface area contributed by atoms with E-state index in [1.165, 1.54) is 10.9 Å². The molecule has 0 saturated carbocycles. The lowest BCUT2D eigenvalue weighted by molar-refractivity contribution is 0.462. The van der Waals surface area contributed by atoms with Crippen molar-refractivity contribution in [2.45, 2.75) is 13.8 Å². The summed E-state index contributed by atoms with van der Waals surface area (Å²) < 4.78 is 27.2. The van der Waals surface area contributed by atoms with Gasteiger partial charge in [0.05, 0.1) is 0 Å². The number of hydrogen-bond acceptors (Lipinski definition) is 6. The molecule has 0 saturated heterocycles. The van der Waals surface area contributed by atoms with Crippen molar-refractivity contribution in [3.05, 3.63) is 205 Å². The summed E-state index contributed by atoms with van der Waals surface area (Å²) in [6.45, 7) is 3.97. The second-order valence-corrected chi connectivity index (χ2v) is 17.0. The number of ether oxygens (including phenoxy) is 4. The molecule has 0 radical (unpaired) electrons. The Hall–Kier alpha value is -8.09. The number of rotatable bonds is 6. The average molecular weight is 825 g/mol. The summed E-state index contributed by atoms with van der Waals surface area (Å²) in [4.78, 5) is 4.79. The SMILES string of the molecule is Cc1ccc2c(c1)Oc1cc(Oc3ccccc3)cc3c1B2c1cc2c(cc1N3c1ccccc1)N(c1ccccc1)c1cc(Oc3ccccc3)cc3c1B2c1ccc(C)cc1O3. The molecule has 9 aromatic carbocycles. The van der Waals surface area contributed by atoms with Crippen molar-refractivity contribution in [1.82, 2.24) is 0 Å². The third-order valence-corrected chi connectivity index (χ3v) is 12.9. The van der Waals surface area contributed by atoms with Crippen LogP contribution in [0.2, 0.25) is 0 Å². The average Bonchev–Trinajstić information content (AvgIpc) is 3.31. The van der Waals surface area contributed by atoms with Gasteiger partial charge < -0.3 is 28.7 Å². The highest BCUT2D eigenvalue weighted by molar-refractivity contribution is 7.02. The lowest BCUT2D eigenvalue weighted by atomic mass is 9.31. The molecule has 6 nitrogen and oxygen atoms in total. The van der Waals surface area contributed by atoms with Crippen LogP contribution in [0.5, 0.6) is 46.0 Å². The van der Waals surface area contributed by atoms with Crippen LogP contribution < -0.4 is 61.5 Å². The third kappa shape index (κ3) is 5.76. The normalized spacial score (nSPS) is 13.3. The Kier molecular flexibility index (Phi) is 8.13. The Labute approximate surface area is 372 Å². The van der Waals surface area contributed by atoms with E-state index in [1.54, 1.807) is 0 Å². The lowest BCUT2D eigenvalue weighted by Gasteiger charge is -2.44. The maximum Gasteiger partial charge on any atom is 0.256 e. The molecule has 0 N–H and O–H groups in total. The summed E-state index contributed by atoms with van der Waals surface area (Å²) in [5.41, 5.74) is 15.4. The molecule has 0 atom stereocenters. The van der Waals surface area contributed by atoms with Crippen molar-refractivity contribution < 1.29 is 18.9 Å². The van der Waals surface area contributed by atoms with Gasteiger partial charge in [-0.1, -0.05) is 103 Å². The van der Waals surface area contributed by atoms with Gasteiger partial charge in [-0.2, -0.15) is 0 Å². The predicted molar refractivity (Wildman–Crippen MR) is 261 cm³/mol. The van der Waals surface area contributed by atoms with Crippen LogP contribution in [0.3, 0.4) is 0 Å². The Morgan fingerprint density at radius 2 is 0.750 bits per heavy atom. The van der Waals surface area contributed by atoms with E-state index in [2.05, 4.69) is 157 Å². The summed E-state index contributed by atoms with van der Waals surface area (Å²) in [6, 6.07) is 67.8. The van der Waals surface area contributed by atoms with Crippen LogP contribution in [-0.2, 0) is 0 Å². The van der Waals surface area contributed by atoms with Crippen LogP contribution in [0.1, 0.15) is 11.1 Å². The molecule has 13 rings (SSSR count). The zero-order valence-corrected chi connectivity index (χ0v) is 35.2. The highest BCUT2D eigenvalue weighted by atomic mass is 16.5. The van der Waals surface area contributed by atoms with E-state index in [0.29, 0.717) is 11.5 Å². The Morgan fingerprint density at radius 3 is 1.17 bits per heavy atom. The first kappa shape index (κ1) is 36.6. The molecule has 0 bridgehead atoms. The van der Waals surface area contributed by atoms with Gasteiger partial charge in [-0.05, 0) is 124 Å². The molecule has 0 spiro atoms. The van der Waals surface area contributed by atoms with Gasteiger partial charge in [0.2, 0.25) is 0 Å². The Balaban J connectivity index is 1.11. The van der Waals surface area contributed by atoms with E-state index >= 15 is 0 Å².